The van der Waals surface area contributed by atoms with Crippen LogP contribution in [0.4, 0.5) is 17.6 Å². The molecule has 9 heteroatoms. The number of nitrogens with one attached hydrogen (secondary N) is 1. The van der Waals surface area contributed by atoms with Gasteiger partial charge in [0.15, 0.2) is 6.61 Å². The zero-order valence-electron chi connectivity index (χ0n) is 16.0. The minimum atomic E-state index is -0.403. The molecule has 0 aliphatic rings. The molecule has 9 nitrogen and oxygen atoms in total. The molecule has 1 aromatic heterocycles. The lowest BCUT2D eigenvalue weighted by Gasteiger charge is -2.09. The van der Waals surface area contributed by atoms with E-state index in [1.165, 1.54) is 0 Å². The summed E-state index contributed by atoms with van der Waals surface area (Å²) in [7, 11) is 0. The van der Waals surface area contributed by atoms with E-state index in [2.05, 4.69) is 15.4 Å². The van der Waals surface area contributed by atoms with Gasteiger partial charge in [0.2, 0.25) is 11.9 Å². The molecule has 3 N–H and O–H groups in total. The standard InChI is InChI=1S/C20H20N6O3/c1-13(2)29-17-7-3-14(4-8-17)18(27)26-19(22)24-20(25-26)23-15-5-9-16(10-6-15)28-12-11-21/h3-10,13H,12H2,1-2H3,(H3,22,23,24,25). The molecule has 0 atom stereocenters. The summed E-state index contributed by atoms with van der Waals surface area (Å²) in [5.74, 6) is 0.984. The maximum atomic E-state index is 12.7. The number of hydrogen-bond acceptors (Lipinski definition) is 8. The molecule has 0 radical (unpaired) electrons. The molecular formula is C20H20N6O3. The van der Waals surface area contributed by atoms with Gasteiger partial charge in [-0.05, 0) is 62.4 Å². The highest BCUT2D eigenvalue weighted by Crippen LogP contribution is 2.20. The van der Waals surface area contributed by atoms with Crippen molar-refractivity contribution in [3.05, 3.63) is 54.1 Å². The predicted molar refractivity (Wildman–Crippen MR) is 107 cm³/mol. The topological polar surface area (TPSA) is 128 Å². The fraction of sp³-hybridized carbons (Fsp3) is 0.200. The van der Waals surface area contributed by atoms with Crippen LogP contribution >= 0.6 is 0 Å². The van der Waals surface area contributed by atoms with Crippen molar-refractivity contribution >= 4 is 23.5 Å². The van der Waals surface area contributed by atoms with Gasteiger partial charge in [-0.1, -0.05) is 0 Å². The van der Waals surface area contributed by atoms with Gasteiger partial charge in [0.05, 0.1) is 6.10 Å². The number of benzene rings is 2. The van der Waals surface area contributed by atoms with Gasteiger partial charge in [0.25, 0.3) is 5.91 Å². The summed E-state index contributed by atoms with van der Waals surface area (Å²) >= 11 is 0. The number of carbonyl (C=O) groups excluding carboxylic acids is 1. The van der Waals surface area contributed by atoms with Gasteiger partial charge < -0.3 is 20.5 Å². The molecular weight excluding hydrogens is 372 g/mol. The normalized spacial score (nSPS) is 10.4. The molecule has 3 rings (SSSR count). The lowest BCUT2D eigenvalue weighted by Crippen LogP contribution is -2.16. The summed E-state index contributed by atoms with van der Waals surface area (Å²) < 4.78 is 11.8. The third-order valence-corrected chi connectivity index (χ3v) is 3.71. The second-order valence-electron chi connectivity index (χ2n) is 6.30. The number of carbonyl (C=O) groups is 1. The van der Waals surface area contributed by atoms with Gasteiger partial charge in [0.1, 0.15) is 17.6 Å². The zero-order valence-corrected chi connectivity index (χ0v) is 16.0. The molecule has 0 bridgehead atoms. The lowest BCUT2D eigenvalue weighted by atomic mass is 10.2. The SMILES string of the molecule is CC(C)Oc1ccc(C(=O)n2nc(Nc3ccc(OCC#N)cc3)nc2N)cc1. The van der Waals surface area contributed by atoms with Gasteiger partial charge in [-0.3, -0.25) is 4.79 Å². The highest BCUT2D eigenvalue weighted by molar-refractivity contribution is 5.97. The molecule has 0 fully saturated rings. The molecule has 29 heavy (non-hydrogen) atoms. The predicted octanol–water partition coefficient (Wildman–Crippen LogP) is 2.98. The first-order valence-corrected chi connectivity index (χ1v) is 8.87. The van der Waals surface area contributed by atoms with E-state index < -0.39 is 5.91 Å². The molecule has 0 saturated heterocycles. The number of aromatic nitrogens is 3. The average Bonchev–Trinajstić information content (AvgIpc) is 3.07. The largest absolute Gasteiger partial charge is 0.491 e. The Kier molecular flexibility index (Phi) is 5.94. The first-order chi connectivity index (χ1) is 14.0. The molecule has 0 aliphatic carbocycles. The Morgan fingerprint density at radius 3 is 2.45 bits per heavy atom. The fourth-order valence-electron chi connectivity index (χ4n) is 2.48. The van der Waals surface area contributed by atoms with Crippen molar-refractivity contribution < 1.29 is 14.3 Å². The average molecular weight is 392 g/mol. The Morgan fingerprint density at radius 1 is 1.17 bits per heavy atom. The summed E-state index contributed by atoms with van der Waals surface area (Å²) in [4.78, 5) is 16.8. The fourth-order valence-corrected chi connectivity index (χ4v) is 2.48. The van der Waals surface area contributed by atoms with Crippen LogP contribution in [0, 0.1) is 11.3 Å². The van der Waals surface area contributed by atoms with Gasteiger partial charge in [-0.15, -0.1) is 5.10 Å². The first-order valence-electron chi connectivity index (χ1n) is 8.87. The van der Waals surface area contributed by atoms with E-state index in [0.717, 1.165) is 4.68 Å². The number of nitrogen functional groups attached to an aromatic ring is 1. The molecule has 0 spiro atoms. The van der Waals surface area contributed by atoms with Crippen molar-refractivity contribution in [1.29, 1.82) is 5.26 Å². The summed E-state index contributed by atoms with van der Waals surface area (Å²) in [6, 6.07) is 15.5. The van der Waals surface area contributed by atoms with E-state index in [1.54, 1.807) is 48.5 Å². The maximum Gasteiger partial charge on any atom is 0.281 e. The van der Waals surface area contributed by atoms with E-state index in [-0.39, 0.29) is 24.6 Å². The van der Waals surface area contributed by atoms with Crippen LogP contribution < -0.4 is 20.5 Å². The first kappa shape index (κ1) is 19.7. The molecule has 1 heterocycles. The second kappa shape index (κ2) is 8.75. The summed E-state index contributed by atoms with van der Waals surface area (Å²) in [5.41, 5.74) is 6.94. The van der Waals surface area contributed by atoms with Crippen LogP contribution in [0.1, 0.15) is 24.2 Å². The molecule has 3 aromatic rings. The molecule has 2 aromatic carbocycles. The van der Waals surface area contributed by atoms with Crippen LogP contribution in [-0.4, -0.2) is 33.4 Å². The van der Waals surface area contributed by atoms with Gasteiger partial charge in [0, 0.05) is 11.3 Å². The summed E-state index contributed by atoms with van der Waals surface area (Å²) in [6.07, 6.45) is 0.0446. The number of nitrogens with two attached hydrogens (primary N) is 1. The van der Waals surface area contributed by atoms with Crippen molar-refractivity contribution in [2.45, 2.75) is 20.0 Å². The molecule has 0 aliphatic heterocycles. The number of nitriles is 1. The van der Waals surface area contributed by atoms with Crippen molar-refractivity contribution in [2.75, 3.05) is 17.7 Å². The Hall–Kier alpha value is -4.06. The minimum Gasteiger partial charge on any atom is -0.491 e. The van der Waals surface area contributed by atoms with Gasteiger partial charge >= 0.3 is 0 Å². The lowest BCUT2D eigenvalue weighted by molar-refractivity contribution is 0.0948. The number of ether oxygens (including phenoxy) is 2. The molecule has 0 saturated carbocycles. The molecule has 0 unspecified atom stereocenters. The number of nitrogens with zero attached hydrogens (tertiary/aromatic N) is 4. The number of rotatable bonds is 7. The highest BCUT2D eigenvalue weighted by Gasteiger charge is 2.16. The number of hydrogen-bond donors (Lipinski definition) is 2. The van der Waals surface area contributed by atoms with Gasteiger partial charge in [-0.25, -0.2) is 0 Å². The third kappa shape index (κ3) is 5.01. The van der Waals surface area contributed by atoms with Crippen LogP contribution in [0.2, 0.25) is 0 Å². The maximum absolute atomic E-state index is 12.7. The zero-order chi connectivity index (χ0) is 20.8. The van der Waals surface area contributed by atoms with Crippen molar-refractivity contribution in [3.8, 4) is 17.6 Å². The summed E-state index contributed by atoms with van der Waals surface area (Å²) in [6.45, 7) is 3.83. The van der Waals surface area contributed by atoms with E-state index in [4.69, 9.17) is 20.5 Å². The van der Waals surface area contributed by atoms with Crippen LogP contribution in [0.3, 0.4) is 0 Å². The third-order valence-electron chi connectivity index (χ3n) is 3.71. The molecule has 148 valence electrons. The van der Waals surface area contributed by atoms with Crippen molar-refractivity contribution in [2.24, 2.45) is 0 Å². The van der Waals surface area contributed by atoms with E-state index in [9.17, 15) is 4.79 Å². The number of anilines is 3. The van der Waals surface area contributed by atoms with E-state index in [1.807, 2.05) is 19.9 Å². The Morgan fingerprint density at radius 2 is 1.83 bits per heavy atom. The van der Waals surface area contributed by atoms with Crippen LogP contribution in [-0.2, 0) is 0 Å². The summed E-state index contributed by atoms with van der Waals surface area (Å²) in [5, 5.41) is 15.6. The Balaban J connectivity index is 1.71. The minimum absolute atomic E-state index is 0.0258. The van der Waals surface area contributed by atoms with E-state index >= 15 is 0 Å². The van der Waals surface area contributed by atoms with Crippen LogP contribution in [0.5, 0.6) is 11.5 Å². The van der Waals surface area contributed by atoms with Crippen molar-refractivity contribution in [3.63, 3.8) is 0 Å². The van der Waals surface area contributed by atoms with Crippen molar-refractivity contribution in [1.82, 2.24) is 14.8 Å². The molecule has 0 amide bonds. The highest BCUT2D eigenvalue weighted by atomic mass is 16.5. The second-order valence-corrected chi connectivity index (χ2v) is 6.30. The Labute approximate surface area is 167 Å². The Bertz CT molecular complexity index is 1020. The monoisotopic (exact) mass is 392 g/mol. The van der Waals surface area contributed by atoms with E-state index in [0.29, 0.717) is 22.7 Å². The van der Waals surface area contributed by atoms with Gasteiger partial charge in [-0.2, -0.15) is 14.9 Å². The smallest absolute Gasteiger partial charge is 0.281 e. The quantitative estimate of drug-likeness (QED) is 0.628. The van der Waals surface area contributed by atoms with Crippen LogP contribution in [0.25, 0.3) is 0 Å². The van der Waals surface area contributed by atoms with Crippen LogP contribution in [0.15, 0.2) is 48.5 Å².